The first-order valence-electron chi connectivity index (χ1n) is 6.67. The van der Waals surface area contributed by atoms with Crippen LogP contribution in [0.2, 0.25) is 0 Å². The van der Waals surface area contributed by atoms with Crippen LogP contribution < -0.4 is 5.32 Å². The smallest absolute Gasteiger partial charge is 0.303 e. The minimum atomic E-state index is -0.834. The van der Waals surface area contributed by atoms with Gasteiger partial charge in [0.15, 0.2) is 0 Å². The van der Waals surface area contributed by atoms with E-state index in [2.05, 4.69) is 5.32 Å². The average Bonchev–Trinajstić information content (AvgIpc) is 2.33. The maximum Gasteiger partial charge on any atom is 0.303 e. The van der Waals surface area contributed by atoms with Crippen molar-refractivity contribution in [3.8, 4) is 0 Å². The summed E-state index contributed by atoms with van der Waals surface area (Å²) in [6.45, 7) is 4.32. The fourth-order valence-electron chi connectivity index (χ4n) is 1.87. The van der Waals surface area contributed by atoms with Crippen molar-refractivity contribution in [3.63, 3.8) is 0 Å². The molecule has 0 bridgehead atoms. The largest absolute Gasteiger partial charge is 0.481 e. The number of carbonyl (C=O) groups is 2. The van der Waals surface area contributed by atoms with Crippen LogP contribution >= 0.6 is 0 Å². The number of hydrogen-bond donors (Lipinski definition) is 3. The molecule has 0 rings (SSSR count). The molecule has 0 saturated carbocycles. The van der Waals surface area contributed by atoms with Crippen LogP contribution in [0, 0.1) is 5.92 Å². The molecule has 0 saturated heterocycles. The van der Waals surface area contributed by atoms with Crippen molar-refractivity contribution in [1.29, 1.82) is 0 Å². The lowest BCUT2D eigenvalue weighted by atomic mass is 9.96. The molecule has 1 unspecified atom stereocenters. The van der Waals surface area contributed by atoms with Crippen molar-refractivity contribution in [2.24, 2.45) is 5.92 Å². The van der Waals surface area contributed by atoms with E-state index in [9.17, 15) is 14.7 Å². The number of nitrogens with one attached hydrogen (secondary N) is 1. The molecule has 18 heavy (non-hydrogen) atoms. The third-order valence-corrected chi connectivity index (χ3v) is 3.15. The van der Waals surface area contributed by atoms with E-state index in [1.165, 1.54) is 0 Å². The Morgan fingerprint density at radius 3 is 2.17 bits per heavy atom. The van der Waals surface area contributed by atoms with Gasteiger partial charge in [-0.25, -0.2) is 0 Å². The lowest BCUT2D eigenvalue weighted by Gasteiger charge is -2.20. The number of aliphatic hydroxyl groups excluding tert-OH is 1. The second kappa shape index (κ2) is 9.88. The van der Waals surface area contributed by atoms with E-state index in [0.717, 1.165) is 12.8 Å². The lowest BCUT2D eigenvalue weighted by Crippen LogP contribution is -2.35. The van der Waals surface area contributed by atoms with Crippen molar-refractivity contribution >= 4 is 11.9 Å². The fourth-order valence-corrected chi connectivity index (χ4v) is 1.87. The zero-order chi connectivity index (χ0) is 14.0. The molecule has 0 spiro atoms. The molecule has 5 nitrogen and oxygen atoms in total. The molecule has 0 heterocycles. The van der Waals surface area contributed by atoms with Crippen molar-refractivity contribution in [1.82, 2.24) is 5.32 Å². The quantitative estimate of drug-likeness (QED) is 0.519. The summed E-state index contributed by atoms with van der Waals surface area (Å²) in [4.78, 5) is 21.7. The number of carboxylic acid groups (broad SMARTS) is 1. The predicted molar refractivity (Wildman–Crippen MR) is 69.2 cm³/mol. The van der Waals surface area contributed by atoms with E-state index in [-0.39, 0.29) is 24.8 Å². The maximum atomic E-state index is 11.4. The number of carboxylic acids is 1. The Bertz CT molecular complexity index is 251. The van der Waals surface area contributed by atoms with Crippen molar-refractivity contribution < 1.29 is 19.8 Å². The molecule has 1 atom stereocenters. The first-order chi connectivity index (χ1) is 8.51. The van der Waals surface area contributed by atoms with Gasteiger partial charge in [0, 0.05) is 19.4 Å². The average molecular weight is 259 g/mol. The summed E-state index contributed by atoms with van der Waals surface area (Å²) in [5, 5.41) is 20.9. The van der Waals surface area contributed by atoms with Gasteiger partial charge in [-0.2, -0.15) is 0 Å². The summed E-state index contributed by atoms with van der Waals surface area (Å²) < 4.78 is 0. The molecule has 0 radical (unpaired) electrons. The van der Waals surface area contributed by atoms with E-state index in [1.54, 1.807) is 0 Å². The number of aliphatic hydroxyl groups is 1. The number of amides is 1. The van der Waals surface area contributed by atoms with Gasteiger partial charge in [-0.1, -0.05) is 26.7 Å². The number of unbranched alkanes of at least 4 members (excludes halogenated alkanes) is 1. The van der Waals surface area contributed by atoms with Crippen LogP contribution in [-0.4, -0.2) is 34.7 Å². The third-order valence-electron chi connectivity index (χ3n) is 3.15. The number of rotatable bonds is 10. The van der Waals surface area contributed by atoms with Gasteiger partial charge in [0.25, 0.3) is 0 Å². The molecule has 0 aromatic rings. The standard InChI is InChI=1S/C13H25NO4/c1-3-10(4-2)11(15)9-14-12(16)7-5-6-8-13(17)18/h10-11,15H,3-9H2,1-2H3,(H,14,16)(H,17,18). The van der Waals surface area contributed by atoms with Crippen molar-refractivity contribution in [3.05, 3.63) is 0 Å². The Morgan fingerprint density at radius 1 is 1.11 bits per heavy atom. The highest BCUT2D eigenvalue weighted by atomic mass is 16.4. The van der Waals surface area contributed by atoms with Gasteiger partial charge in [0.2, 0.25) is 5.91 Å². The highest BCUT2D eigenvalue weighted by Gasteiger charge is 2.15. The molecule has 0 aliphatic carbocycles. The van der Waals surface area contributed by atoms with Gasteiger partial charge in [0.05, 0.1) is 6.10 Å². The Balaban J connectivity index is 3.66. The van der Waals surface area contributed by atoms with E-state index >= 15 is 0 Å². The van der Waals surface area contributed by atoms with Crippen LogP contribution in [-0.2, 0) is 9.59 Å². The van der Waals surface area contributed by atoms with E-state index in [1.807, 2.05) is 13.8 Å². The topological polar surface area (TPSA) is 86.6 Å². The molecular formula is C13H25NO4. The van der Waals surface area contributed by atoms with E-state index < -0.39 is 12.1 Å². The minimum absolute atomic E-state index is 0.101. The molecule has 5 heteroatoms. The van der Waals surface area contributed by atoms with E-state index in [4.69, 9.17) is 5.11 Å². The monoisotopic (exact) mass is 259 g/mol. The normalized spacial score (nSPS) is 12.4. The first kappa shape index (κ1) is 16.9. The Labute approximate surface area is 109 Å². The Hall–Kier alpha value is -1.10. The molecule has 0 aliphatic rings. The predicted octanol–water partition coefficient (Wildman–Crippen LogP) is 1.54. The number of aliphatic carboxylic acids is 1. The zero-order valence-corrected chi connectivity index (χ0v) is 11.3. The molecule has 0 aromatic carbocycles. The Morgan fingerprint density at radius 2 is 1.67 bits per heavy atom. The van der Waals surface area contributed by atoms with Crippen molar-refractivity contribution in [2.45, 2.75) is 58.5 Å². The molecule has 3 N–H and O–H groups in total. The SMILES string of the molecule is CCC(CC)C(O)CNC(=O)CCCCC(=O)O. The van der Waals surface area contributed by atoms with Gasteiger partial charge in [-0.3, -0.25) is 9.59 Å². The summed E-state index contributed by atoms with van der Waals surface area (Å²) in [6, 6.07) is 0. The van der Waals surface area contributed by atoms with Crippen LogP contribution in [0.5, 0.6) is 0 Å². The van der Waals surface area contributed by atoms with Gasteiger partial charge < -0.3 is 15.5 Å². The summed E-state index contributed by atoms with van der Waals surface area (Å²) >= 11 is 0. The molecule has 106 valence electrons. The third kappa shape index (κ3) is 8.06. The van der Waals surface area contributed by atoms with Crippen molar-refractivity contribution in [2.75, 3.05) is 6.54 Å². The summed E-state index contributed by atoms with van der Waals surface area (Å²) in [6.07, 6.45) is 2.80. The highest BCUT2D eigenvalue weighted by Crippen LogP contribution is 2.12. The van der Waals surface area contributed by atoms with Crippen LogP contribution in [0.1, 0.15) is 52.4 Å². The van der Waals surface area contributed by atoms with Crippen LogP contribution in [0.4, 0.5) is 0 Å². The molecular weight excluding hydrogens is 234 g/mol. The van der Waals surface area contributed by atoms with Gasteiger partial charge in [-0.05, 0) is 18.8 Å². The summed E-state index contributed by atoms with van der Waals surface area (Å²) in [5.41, 5.74) is 0. The fraction of sp³-hybridized carbons (Fsp3) is 0.846. The molecule has 0 aromatic heterocycles. The van der Waals surface area contributed by atoms with Crippen LogP contribution in [0.3, 0.4) is 0 Å². The lowest BCUT2D eigenvalue weighted by molar-refractivity contribution is -0.137. The molecule has 0 fully saturated rings. The minimum Gasteiger partial charge on any atom is -0.481 e. The second-order valence-electron chi connectivity index (χ2n) is 4.55. The second-order valence-corrected chi connectivity index (χ2v) is 4.55. The number of hydrogen-bond acceptors (Lipinski definition) is 3. The van der Waals surface area contributed by atoms with Gasteiger partial charge >= 0.3 is 5.97 Å². The van der Waals surface area contributed by atoms with E-state index in [0.29, 0.717) is 19.3 Å². The van der Waals surface area contributed by atoms with Crippen LogP contribution in [0.25, 0.3) is 0 Å². The summed E-state index contributed by atoms with van der Waals surface area (Å²) in [7, 11) is 0. The number of carbonyl (C=O) groups excluding carboxylic acids is 1. The first-order valence-corrected chi connectivity index (χ1v) is 6.67. The zero-order valence-electron chi connectivity index (χ0n) is 11.3. The molecule has 0 aliphatic heterocycles. The molecule has 1 amide bonds. The Kier molecular flexibility index (Phi) is 9.28. The van der Waals surface area contributed by atoms with Crippen LogP contribution in [0.15, 0.2) is 0 Å². The van der Waals surface area contributed by atoms with Gasteiger partial charge in [0.1, 0.15) is 0 Å². The maximum absolute atomic E-state index is 11.4. The van der Waals surface area contributed by atoms with Gasteiger partial charge in [-0.15, -0.1) is 0 Å². The highest BCUT2D eigenvalue weighted by molar-refractivity contribution is 5.75. The summed E-state index contributed by atoms with van der Waals surface area (Å²) in [5.74, 6) is -0.734.